The van der Waals surface area contributed by atoms with Crippen molar-refractivity contribution < 1.29 is 4.79 Å². The number of amides is 1. The van der Waals surface area contributed by atoms with Gasteiger partial charge in [-0.05, 0) is 18.4 Å². The van der Waals surface area contributed by atoms with E-state index in [0.29, 0.717) is 18.4 Å². The molecule has 3 heterocycles. The second-order valence-electron chi connectivity index (χ2n) is 5.36. The molecule has 0 saturated carbocycles. The molecule has 96 valence electrons. The van der Waals surface area contributed by atoms with Crippen LogP contribution in [0.25, 0.3) is 0 Å². The minimum absolute atomic E-state index is 0.0885. The summed E-state index contributed by atoms with van der Waals surface area (Å²) in [6, 6.07) is 5.46. The Kier molecular flexibility index (Phi) is 2.70. The van der Waals surface area contributed by atoms with E-state index in [0.717, 1.165) is 31.7 Å². The fraction of sp³-hybridized carbons (Fsp3) is 0.538. The van der Waals surface area contributed by atoms with Gasteiger partial charge in [-0.15, -0.1) is 0 Å². The van der Waals surface area contributed by atoms with Crippen LogP contribution in [0.1, 0.15) is 18.0 Å². The van der Waals surface area contributed by atoms with Gasteiger partial charge in [-0.1, -0.05) is 6.07 Å². The summed E-state index contributed by atoms with van der Waals surface area (Å²) in [5.74, 6) is 0.530. The SMILES string of the molecule is NC(=O)CN1C[C@H]2C[C@@H](C1)c1cccc(=O)n1C2. The molecule has 1 amide bonds. The maximum atomic E-state index is 11.8. The highest BCUT2D eigenvalue weighted by Gasteiger charge is 2.34. The van der Waals surface area contributed by atoms with Crippen molar-refractivity contribution in [2.75, 3.05) is 19.6 Å². The molecule has 1 fully saturated rings. The smallest absolute Gasteiger partial charge is 0.250 e. The second-order valence-corrected chi connectivity index (χ2v) is 5.36. The number of hydrogen-bond acceptors (Lipinski definition) is 3. The Bertz CT molecular complexity index is 537. The minimum atomic E-state index is -0.277. The number of rotatable bonds is 2. The first-order chi connectivity index (χ1) is 8.63. The van der Waals surface area contributed by atoms with E-state index >= 15 is 0 Å². The van der Waals surface area contributed by atoms with Gasteiger partial charge < -0.3 is 10.3 Å². The lowest BCUT2D eigenvalue weighted by atomic mass is 9.83. The van der Waals surface area contributed by atoms with Gasteiger partial charge in [0.2, 0.25) is 5.91 Å². The number of aromatic nitrogens is 1. The lowest BCUT2D eigenvalue weighted by molar-refractivity contribution is -0.119. The first-order valence-electron chi connectivity index (χ1n) is 6.34. The molecular weight excluding hydrogens is 230 g/mol. The van der Waals surface area contributed by atoms with Crippen molar-refractivity contribution in [2.45, 2.75) is 18.9 Å². The van der Waals surface area contributed by atoms with Crippen LogP contribution in [0, 0.1) is 5.92 Å². The van der Waals surface area contributed by atoms with E-state index in [4.69, 9.17) is 5.73 Å². The average molecular weight is 247 g/mol. The number of piperidine rings is 1. The Hall–Kier alpha value is -1.62. The molecule has 18 heavy (non-hydrogen) atoms. The van der Waals surface area contributed by atoms with Gasteiger partial charge >= 0.3 is 0 Å². The van der Waals surface area contributed by atoms with Crippen LogP contribution < -0.4 is 11.3 Å². The third-order valence-electron chi connectivity index (χ3n) is 3.93. The fourth-order valence-electron chi connectivity index (χ4n) is 3.35. The first-order valence-corrected chi connectivity index (χ1v) is 6.34. The van der Waals surface area contributed by atoms with E-state index in [1.165, 1.54) is 0 Å². The molecule has 0 spiro atoms. The van der Waals surface area contributed by atoms with Crippen molar-refractivity contribution in [2.24, 2.45) is 11.7 Å². The maximum Gasteiger partial charge on any atom is 0.250 e. The number of fused-ring (bicyclic) bond motifs is 4. The molecule has 5 nitrogen and oxygen atoms in total. The number of carbonyl (C=O) groups excluding carboxylic acids is 1. The van der Waals surface area contributed by atoms with Gasteiger partial charge in [-0.25, -0.2) is 0 Å². The average Bonchev–Trinajstić information content (AvgIpc) is 2.29. The Balaban J connectivity index is 1.90. The number of likely N-dealkylation sites (tertiary alicyclic amines) is 1. The standard InChI is InChI=1S/C13H17N3O2/c14-12(17)8-15-5-9-4-10(7-15)11-2-1-3-13(18)16(11)6-9/h1-3,9-10H,4-8H2,(H2,14,17)/t9-,10+/m1/s1. The van der Waals surface area contributed by atoms with Crippen LogP contribution in [0.15, 0.2) is 23.0 Å². The number of nitrogens with zero attached hydrogens (tertiary/aromatic N) is 2. The zero-order valence-corrected chi connectivity index (χ0v) is 10.2. The van der Waals surface area contributed by atoms with Crippen LogP contribution >= 0.6 is 0 Å². The van der Waals surface area contributed by atoms with Crippen LogP contribution in [0.4, 0.5) is 0 Å². The zero-order valence-electron chi connectivity index (χ0n) is 10.2. The van der Waals surface area contributed by atoms with Crippen molar-refractivity contribution in [1.29, 1.82) is 0 Å². The highest BCUT2D eigenvalue weighted by Crippen LogP contribution is 2.34. The van der Waals surface area contributed by atoms with Crippen molar-refractivity contribution in [3.05, 3.63) is 34.2 Å². The van der Waals surface area contributed by atoms with E-state index in [9.17, 15) is 9.59 Å². The fourth-order valence-corrected chi connectivity index (χ4v) is 3.35. The molecule has 1 saturated heterocycles. The molecule has 0 aromatic carbocycles. The lowest BCUT2D eigenvalue weighted by Gasteiger charge is -2.42. The second kappa shape index (κ2) is 4.24. The maximum absolute atomic E-state index is 11.8. The van der Waals surface area contributed by atoms with Gasteiger partial charge in [0.05, 0.1) is 6.54 Å². The van der Waals surface area contributed by atoms with Crippen molar-refractivity contribution >= 4 is 5.91 Å². The summed E-state index contributed by atoms with van der Waals surface area (Å²) in [6.07, 6.45) is 1.11. The quantitative estimate of drug-likeness (QED) is 0.783. The molecule has 2 N–H and O–H groups in total. The summed E-state index contributed by atoms with van der Waals surface area (Å²) in [7, 11) is 0. The molecule has 3 rings (SSSR count). The molecule has 0 unspecified atom stereocenters. The van der Waals surface area contributed by atoms with Crippen LogP contribution in [0.2, 0.25) is 0 Å². The Morgan fingerprint density at radius 1 is 1.33 bits per heavy atom. The summed E-state index contributed by atoms with van der Waals surface area (Å²) < 4.78 is 1.89. The Labute approximate surface area is 105 Å². The van der Waals surface area contributed by atoms with Gasteiger partial charge in [-0.2, -0.15) is 0 Å². The zero-order chi connectivity index (χ0) is 12.7. The Morgan fingerprint density at radius 3 is 2.94 bits per heavy atom. The van der Waals surface area contributed by atoms with Crippen molar-refractivity contribution in [3.63, 3.8) is 0 Å². The van der Waals surface area contributed by atoms with E-state index < -0.39 is 0 Å². The normalized spacial score (nSPS) is 26.7. The van der Waals surface area contributed by atoms with Gasteiger partial charge in [-0.3, -0.25) is 14.5 Å². The summed E-state index contributed by atoms with van der Waals surface area (Å²) in [4.78, 5) is 25.0. The van der Waals surface area contributed by atoms with Crippen molar-refractivity contribution in [1.82, 2.24) is 9.47 Å². The molecule has 1 aromatic rings. The highest BCUT2D eigenvalue weighted by atomic mass is 16.1. The highest BCUT2D eigenvalue weighted by molar-refractivity contribution is 5.75. The number of hydrogen-bond donors (Lipinski definition) is 1. The number of pyridine rings is 1. The molecule has 2 aliphatic rings. The van der Waals surface area contributed by atoms with Crippen LogP contribution in [0.5, 0.6) is 0 Å². The van der Waals surface area contributed by atoms with E-state index in [2.05, 4.69) is 4.90 Å². The molecule has 2 bridgehead atoms. The van der Waals surface area contributed by atoms with Crippen LogP contribution in [-0.4, -0.2) is 35.0 Å². The third kappa shape index (κ3) is 1.95. The molecule has 5 heteroatoms. The third-order valence-corrected chi connectivity index (χ3v) is 3.93. The van der Waals surface area contributed by atoms with Crippen LogP contribution in [0.3, 0.4) is 0 Å². The largest absolute Gasteiger partial charge is 0.369 e. The van der Waals surface area contributed by atoms with E-state index in [1.807, 2.05) is 16.7 Å². The van der Waals surface area contributed by atoms with Gasteiger partial charge in [0, 0.05) is 37.3 Å². The number of nitrogens with two attached hydrogens (primary N) is 1. The number of primary amides is 1. The van der Waals surface area contributed by atoms with E-state index in [-0.39, 0.29) is 11.5 Å². The molecule has 2 aliphatic heterocycles. The van der Waals surface area contributed by atoms with Gasteiger partial charge in [0.15, 0.2) is 0 Å². The monoisotopic (exact) mass is 247 g/mol. The van der Waals surface area contributed by atoms with Gasteiger partial charge in [0.25, 0.3) is 5.56 Å². The predicted molar refractivity (Wildman–Crippen MR) is 67.2 cm³/mol. The van der Waals surface area contributed by atoms with Crippen LogP contribution in [-0.2, 0) is 11.3 Å². The molecule has 2 atom stereocenters. The van der Waals surface area contributed by atoms with E-state index in [1.54, 1.807) is 6.07 Å². The lowest BCUT2D eigenvalue weighted by Crippen LogP contribution is -2.49. The molecular formula is C13H17N3O2. The predicted octanol–water partition coefficient (Wildman–Crippen LogP) is -0.247. The summed E-state index contributed by atoms with van der Waals surface area (Å²) in [5, 5.41) is 0. The van der Waals surface area contributed by atoms with Gasteiger partial charge in [0.1, 0.15) is 0 Å². The molecule has 1 aromatic heterocycles. The molecule has 0 aliphatic carbocycles. The molecule has 0 radical (unpaired) electrons. The van der Waals surface area contributed by atoms with Crippen molar-refractivity contribution in [3.8, 4) is 0 Å². The topological polar surface area (TPSA) is 68.3 Å². The minimum Gasteiger partial charge on any atom is -0.369 e. The summed E-state index contributed by atoms with van der Waals surface area (Å²) >= 11 is 0. The summed E-state index contributed by atoms with van der Waals surface area (Å²) in [5.41, 5.74) is 6.45. The number of carbonyl (C=O) groups is 1. The first kappa shape index (κ1) is 11.5. The summed E-state index contributed by atoms with van der Waals surface area (Å²) in [6.45, 7) is 2.77. The Morgan fingerprint density at radius 2 is 2.17 bits per heavy atom.